The molecule has 0 unspecified atom stereocenters. The zero-order chi connectivity index (χ0) is 20.8. The van der Waals surface area contributed by atoms with Crippen LogP contribution in [0.4, 0.5) is 24.7 Å². The molecule has 0 bridgehead atoms. The number of nitrogens with one attached hydrogen (secondary N) is 1. The average Bonchev–Trinajstić information content (AvgIpc) is 3.44. The Labute approximate surface area is 163 Å². The summed E-state index contributed by atoms with van der Waals surface area (Å²) >= 11 is 0. The van der Waals surface area contributed by atoms with Crippen molar-refractivity contribution in [3.05, 3.63) is 53.9 Å². The van der Waals surface area contributed by atoms with E-state index in [9.17, 15) is 22.8 Å². The number of anilines is 2. The van der Waals surface area contributed by atoms with Crippen molar-refractivity contribution in [1.29, 1.82) is 0 Å². The number of rotatable bonds is 4. The van der Waals surface area contributed by atoms with E-state index < -0.39 is 23.9 Å². The molecule has 1 aromatic carbocycles. The van der Waals surface area contributed by atoms with Gasteiger partial charge in [-0.2, -0.15) is 13.2 Å². The number of aromatic amines is 1. The Morgan fingerprint density at radius 1 is 1.24 bits per heavy atom. The Kier molecular flexibility index (Phi) is 4.52. The lowest BCUT2D eigenvalue weighted by Crippen LogP contribution is -2.39. The number of benzene rings is 1. The van der Waals surface area contributed by atoms with Crippen molar-refractivity contribution in [2.24, 2.45) is 0 Å². The molecule has 1 fully saturated rings. The summed E-state index contributed by atoms with van der Waals surface area (Å²) in [5.41, 5.74) is 1.04. The van der Waals surface area contributed by atoms with Gasteiger partial charge in [-0.05, 0) is 48.6 Å². The minimum Gasteiger partial charge on any atom is -0.465 e. The molecule has 0 spiro atoms. The average molecular weight is 403 g/mol. The molecule has 2 heterocycles. The standard InChI is InChI=1S/C20H16F3N3O3/c1-29-18(27)14-9-12(11-5-6-11)10-25-17(14)26(19(28)20(21,22)23)16-4-2-3-15-13(16)7-8-24-15/h2-4,7-11,24H,5-6H2,1H3. The van der Waals surface area contributed by atoms with E-state index in [0.29, 0.717) is 15.8 Å². The molecule has 150 valence electrons. The molecule has 1 saturated carbocycles. The van der Waals surface area contributed by atoms with Crippen LogP contribution in [0.5, 0.6) is 0 Å². The quantitative estimate of drug-likeness (QED) is 0.653. The number of hydrogen-bond acceptors (Lipinski definition) is 4. The third-order valence-corrected chi connectivity index (χ3v) is 4.81. The predicted octanol–water partition coefficient (Wildman–Crippen LogP) is 4.45. The van der Waals surface area contributed by atoms with E-state index >= 15 is 0 Å². The second-order valence-electron chi connectivity index (χ2n) is 6.76. The van der Waals surface area contributed by atoms with Gasteiger partial charge in [0.25, 0.3) is 0 Å². The van der Waals surface area contributed by atoms with E-state index in [1.807, 2.05) is 0 Å². The molecule has 1 aliphatic rings. The van der Waals surface area contributed by atoms with E-state index in [1.165, 1.54) is 24.4 Å². The van der Waals surface area contributed by atoms with Crippen LogP contribution in [0.2, 0.25) is 0 Å². The van der Waals surface area contributed by atoms with Crippen LogP contribution in [-0.4, -0.2) is 35.1 Å². The molecule has 0 atom stereocenters. The Morgan fingerprint density at radius 2 is 2.00 bits per heavy atom. The van der Waals surface area contributed by atoms with Gasteiger partial charge in [0.05, 0.1) is 12.8 Å². The number of pyridine rings is 1. The maximum absolute atomic E-state index is 13.5. The van der Waals surface area contributed by atoms with Crippen LogP contribution >= 0.6 is 0 Å². The number of fused-ring (bicyclic) bond motifs is 1. The molecule has 1 N–H and O–H groups in total. The molecule has 6 nitrogen and oxygen atoms in total. The molecule has 0 radical (unpaired) electrons. The number of halogens is 3. The first-order valence-corrected chi connectivity index (χ1v) is 8.87. The zero-order valence-corrected chi connectivity index (χ0v) is 15.3. The number of carbonyl (C=O) groups is 2. The number of hydrogen-bond donors (Lipinski definition) is 1. The van der Waals surface area contributed by atoms with Crippen molar-refractivity contribution in [3.8, 4) is 0 Å². The summed E-state index contributed by atoms with van der Waals surface area (Å²) in [5, 5.41) is 0.383. The number of ether oxygens (including phenoxy) is 1. The number of carbonyl (C=O) groups excluding carboxylic acids is 2. The fourth-order valence-electron chi connectivity index (χ4n) is 3.26. The lowest BCUT2D eigenvalue weighted by atomic mass is 10.1. The Hall–Kier alpha value is -3.36. The van der Waals surface area contributed by atoms with E-state index in [-0.39, 0.29) is 17.2 Å². The third kappa shape index (κ3) is 3.43. The normalized spacial score (nSPS) is 14.1. The van der Waals surface area contributed by atoms with Crippen molar-refractivity contribution in [3.63, 3.8) is 0 Å². The van der Waals surface area contributed by atoms with Gasteiger partial charge in [0.2, 0.25) is 0 Å². The van der Waals surface area contributed by atoms with Gasteiger partial charge in [-0.1, -0.05) is 6.07 Å². The fourth-order valence-corrected chi connectivity index (χ4v) is 3.26. The van der Waals surface area contributed by atoms with Crippen LogP contribution in [0.15, 0.2) is 42.7 Å². The molecule has 1 amide bonds. The smallest absolute Gasteiger partial charge is 0.465 e. The van der Waals surface area contributed by atoms with E-state index in [1.54, 1.807) is 18.3 Å². The molecule has 0 aliphatic heterocycles. The summed E-state index contributed by atoms with van der Waals surface area (Å²) in [6, 6.07) is 7.57. The van der Waals surface area contributed by atoms with Crippen LogP contribution in [0.3, 0.4) is 0 Å². The van der Waals surface area contributed by atoms with Gasteiger partial charge in [0.1, 0.15) is 5.56 Å². The molecule has 0 saturated heterocycles. The number of aromatic nitrogens is 2. The van der Waals surface area contributed by atoms with Crippen LogP contribution in [0, 0.1) is 0 Å². The van der Waals surface area contributed by atoms with Gasteiger partial charge < -0.3 is 9.72 Å². The lowest BCUT2D eigenvalue weighted by Gasteiger charge is -2.25. The molecular weight excluding hydrogens is 387 g/mol. The minimum atomic E-state index is -5.18. The first kappa shape index (κ1) is 19.0. The number of methoxy groups -OCH3 is 1. The summed E-state index contributed by atoms with van der Waals surface area (Å²) in [7, 11) is 1.12. The molecule has 2 aromatic heterocycles. The Balaban J connectivity index is 1.96. The number of alkyl halides is 3. The van der Waals surface area contributed by atoms with Crippen molar-refractivity contribution in [1.82, 2.24) is 9.97 Å². The number of amides is 1. The van der Waals surface area contributed by atoms with Crippen LogP contribution in [0.1, 0.15) is 34.7 Å². The maximum atomic E-state index is 13.5. The summed E-state index contributed by atoms with van der Waals surface area (Å²) in [5.74, 6) is -3.23. The molecule has 9 heteroatoms. The summed E-state index contributed by atoms with van der Waals surface area (Å²) in [4.78, 5) is 32.2. The number of esters is 1. The highest BCUT2D eigenvalue weighted by molar-refractivity contribution is 6.12. The van der Waals surface area contributed by atoms with Gasteiger partial charge in [-0.3, -0.25) is 9.69 Å². The summed E-state index contributed by atoms with van der Waals surface area (Å²) in [6.45, 7) is 0. The summed E-state index contributed by atoms with van der Waals surface area (Å²) in [6.07, 6.45) is -0.393. The zero-order valence-electron chi connectivity index (χ0n) is 15.3. The molecule has 1 aliphatic carbocycles. The van der Waals surface area contributed by atoms with Gasteiger partial charge in [-0.15, -0.1) is 0 Å². The predicted molar refractivity (Wildman–Crippen MR) is 99.1 cm³/mol. The van der Waals surface area contributed by atoms with E-state index in [0.717, 1.165) is 25.5 Å². The SMILES string of the molecule is COC(=O)c1cc(C2CC2)cnc1N(C(=O)C(F)(F)F)c1cccc2[nH]ccc12. The van der Waals surface area contributed by atoms with Crippen LogP contribution < -0.4 is 4.90 Å². The minimum absolute atomic E-state index is 0.0390. The van der Waals surface area contributed by atoms with E-state index in [4.69, 9.17) is 4.74 Å². The van der Waals surface area contributed by atoms with Crippen molar-refractivity contribution >= 4 is 34.3 Å². The van der Waals surface area contributed by atoms with Gasteiger partial charge in [0.15, 0.2) is 5.82 Å². The molecule has 3 aromatic rings. The van der Waals surface area contributed by atoms with Crippen molar-refractivity contribution < 1.29 is 27.5 Å². The highest BCUT2D eigenvalue weighted by Crippen LogP contribution is 2.42. The number of nitrogens with zero attached hydrogens (tertiary/aromatic N) is 2. The van der Waals surface area contributed by atoms with Crippen molar-refractivity contribution in [2.75, 3.05) is 12.0 Å². The highest BCUT2D eigenvalue weighted by Gasteiger charge is 2.45. The largest absolute Gasteiger partial charge is 0.472 e. The van der Waals surface area contributed by atoms with Gasteiger partial charge in [0, 0.05) is 23.3 Å². The summed E-state index contributed by atoms with van der Waals surface area (Å²) < 4.78 is 45.2. The number of H-pyrrole nitrogens is 1. The molecular formula is C20H16F3N3O3. The Bertz CT molecular complexity index is 1100. The first-order chi connectivity index (χ1) is 13.8. The first-order valence-electron chi connectivity index (χ1n) is 8.87. The van der Waals surface area contributed by atoms with E-state index in [2.05, 4.69) is 9.97 Å². The van der Waals surface area contributed by atoms with Gasteiger partial charge in [-0.25, -0.2) is 9.78 Å². The highest BCUT2D eigenvalue weighted by atomic mass is 19.4. The fraction of sp³-hybridized carbons (Fsp3) is 0.250. The molecule has 4 rings (SSSR count). The van der Waals surface area contributed by atoms with Gasteiger partial charge >= 0.3 is 18.1 Å². The Morgan fingerprint density at radius 3 is 2.66 bits per heavy atom. The topological polar surface area (TPSA) is 75.3 Å². The monoisotopic (exact) mass is 403 g/mol. The maximum Gasteiger partial charge on any atom is 0.472 e. The van der Waals surface area contributed by atoms with Crippen LogP contribution in [0.25, 0.3) is 10.9 Å². The lowest BCUT2D eigenvalue weighted by molar-refractivity contribution is -0.169. The van der Waals surface area contributed by atoms with Crippen molar-refractivity contribution in [2.45, 2.75) is 24.9 Å². The second-order valence-corrected chi connectivity index (χ2v) is 6.76. The third-order valence-electron chi connectivity index (χ3n) is 4.81. The second kappa shape index (κ2) is 6.91. The molecule has 29 heavy (non-hydrogen) atoms. The van der Waals surface area contributed by atoms with Crippen LogP contribution in [-0.2, 0) is 9.53 Å².